The highest BCUT2D eigenvalue weighted by Gasteiger charge is 2.29. The Bertz CT molecular complexity index is 677. The molecule has 0 aromatic heterocycles. The van der Waals surface area contributed by atoms with Crippen molar-refractivity contribution in [3.8, 4) is 11.5 Å². The molecule has 0 spiro atoms. The summed E-state index contributed by atoms with van der Waals surface area (Å²) < 4.78 is 5.26. The van der Waals surface area contributed by atoms with E-state index < -0.39 is 0 Å². The first kappa shape index (κ1) is 13.7. The zero-order valence-corrected chi connectivity index (χ0v) is 12.1. The molecule has 110 valence electrons. The van der Waals surface area contributed by atoms with Crippen molar-refractivity contribution in [2.45, 2.75) is 19.3 Å². The van der Waals surface area contributed by atoms with Gasteiger partial charge in [-0.2, -0.15) is 0 Å². The van der Waals surface area contributed by atoms with E-state index in [1.165, 1.54) is 0 Å². The zero-order valence-electron chi connectivity index (χ0n) is 12.1. The number of amides is 1. The van der Waals surface area contributed by atoms with Gasteiger partial charge in [-0.05, 0) is 59.9 Å². The van der Waals surface area contributed by atoms with Gasteiger partial charge < -0.3 is 15.2 Å². The fraction of sp³-hybridized carbons (Fsp3) is 0.353. The molecule has 2 aromatic carbocycles. The molecule has 0 heterocycles. The SMILES string of the molecule is COc1ccc2cc(O)cc(CCNC(=O)C3CC3)c2c1. The van der Waals surface area contributed by atoms with Crippen molar-refractivity contribution in [1.82, 2.24) is 5.32 Å². The summed E-state index contributed by atoms with van der Waals surface area (Å²) >= 11 is 0. The average Bonchev–Trinajstić information content (AvgIpc) is 3.31. The highest BCUT2D eigenvalue weighted by molar-refractivity contribution is 5.88. The van der Waals surface area contributed by atoms with Crippen molar-refractivity contribution < 1.29 is 14.6 Å². The normalized spacial score (nSPS) is 14.1. The largest absolute Gasteiger partial charge is 0.508 e. The summed E-state index contributed by atoms with van der Waals surface area (Å²) in [5.74, 6) is 1.41. The fourth-order valence-electron chi connectivity index (χ4n) is 2.54. The first-order valence-electron chi connectivity index (χ1n) is 7.25. The van der Waals surface area contributed by atoms with E-state index in [0.717, 1.165) is 34.9 Å². The number of benzene rings is 2. The number of phenolic OH excluding ortho intramolecular Hbond substituents is 1. The molecular formula is C17H19NO3. The number of carbonyl (C=O) groups is 1. The molecule has 1 amide bonds. The van der Waals surface area contributed by atoms with Gasteiger partial charge in [0.2, 0.25) is 5.91 Å². The second-order valence-corrected chi connectivity index (χ2v) is 5.51. The highest BCUT2D eigenvalue weighted by Crippen LogP contribution is 2.30. The van der Waals surface area contributed by atoms with Crippen LogP contribution in [0.3, 0.4) is 0 Å². The third kappa shape index (κ3) is 3.10. The van der Waals surface area contributed by atoms with Crippen LogP contribution in [0, 0.1) is 5.92 Å². The number of methoxy groups -OCH3 is 1. The Kier molecular flexibility index (Phi) is 3.69. The van der Waals surface area contributed by atoms with Crippen LogP contribution in [0.5, 0.6) is 11.5 Å². The van der Waals surface area contributed by atoms with Gasteiger partial charge in [-0.1, -0.05) is 6.07 Å². The van der Waals surface area contributed by atoms with Gasteiger partial charge in [0.15, 0.2) is 0 Å². The molecule has 0 aliphatic heterocycles. The topological polar surface area (TPSA) is 58.6 Å². The number of rotatable bonds is 5. The van der Waals surface area contributed by atoms with Gasteiger partial charge in [0, 0.05) is 12.5 Å². The third-order valence-electron chi connectivity index (χ3n) is 3.87. The van der Waals surface area contributed by atoms with Crippen LogP contribution in [-0.4, -0.2) is 24.7 Å². The number of nitrogens with one attached hydrogen (secondary N) is 1. The molecule has 21 heavy (non-hydrogen) atoms. The standard InChI is InChI=1S/C17H19NO3/c1-21-15-5-4-12-8-14(19)9-13(16(12)10-15)6-7-18-17(20)11-2-3-11/h4-5,8-11,19H,2-3,6-7H2,1H3,(H,18,20). The van der Waals surface area contributed by atoms with Crippen molar-refractivity contribution in [3.05, 3.63) is 35.9 Å². The summed E-state index contributed by atoms with van der Waals surface area (Å²) in [5, 5.41) is 14.8. The van der Waals surface area contributed by atoms with E-state index in [2.05, 4.69) is 5.32 Å². The van der Waals surface area contributed by atoms with Crippen LogP contribution in [-0.2, 0) is 11.2 Å². The van der Waals surface area contributed by atoms with Gasteiger partial charge in [0.05, 0.1) is 7.11 Å². The molecule has 1 fully saturated rings. The monoisotopic (exact) mass is 285 g/mol. The van der Waals surface area contributed by atoms with Gasteiger partial charge in [0.25, 0.3) is 0 Å². The molecule has 0 unspecified atom stereocenters. The van der Waals surface area contributed by atoms with Crippen molar-refractivity contribution in [1.29, 1.82) is 0 Å². The number of fused-ring (bicyclic) bond motifs is 1. The van der Waals surface area contributed by atoms with Crippen LogP contribution in [0.4, 0.5) is 0 Å². The lowest BCUT2D eigenvalue weighted by molar-refractivity contribution is -0.122. The molecular weight excluding hydrogens is 266 g/mol. The Hall–Kier alpha value is -2.23. The first-order valence-corrected chi connectivity index (χ1v) is 7.25. The van der Waals surface area contributed by atoms with E-state index in [0.29, 0.717) is 13.0 Å². The summed E-state index contributed by atoms with van der Waals surface area (Å²) in [5.41, 5.74) is 1.01. The maximum atomic E-state index is 11.6. The molecule has 1 aliphatic rings. The Morgan fingerprint density at radius 1 is 1.33 bits per heavy atom. The average molecular weight is 285 g/mol. The molecule has 0 atom stereocenters. The van der Waals surface area contributed by atoms with Gasteiger partial charge >= 0.3 is 0 Å². The van der Waals surface area contributed by atoms with Crippen molar-refractivity contribution >= 4 is 16.7 Å². The lowest BCUT2D eigenvalue weighted by Gasteiger charge is -2.10. The third-order valence-corrected chi connectivity index (χ3v) is 3.87. The molecule has 0 radical (unpaired) electrons. The van der Waals surface area contributed by atoms with Crippen LogP contribution in [0.15, 0.2) is 30.3 Å². The lowest BCUT2D eigenvalue weighted by atomic mass is 10.0. The van der Waals surface area contributed by atoms with Crippen molar-refractivity contribution in [2.75, 3.05) is 13.7 Å². The molecule has 1 aliphatic carbocycles. The van der Waals surface area contributed by atoms with Crippen LogP contribution < -0.4 is 10.1 Å². The Morgan fingerprint density at radius 2 is 2.14 bits per heavy atom. The summed E-state index contributed by atoms with van der Waals surface area (Å²) in [6.45, 7) is 0.588. The number of phenols is 1. The summed E-state index contributed by atoms with van der Waals surface area (Å²) in [7, 11) is 1.64. The molecule has 3 rings (SSSR count). The first-order chi connectivity index (χ1) is 10.2. The zero-order chi connectivity index (χ0) is 14.8. The molecule has 1 saturated carbocycles. The Balaban J connectivity index is 1.80. The second-order valence-electron chi connectivity index (χ2n) is 5.51. The Labute approximate surface area is 123 Å². The summed E-state index contributed by atoms with van der Waals surface area (Å²) in [6, 6.07) is 9.26. The number of ether oxygens (including phenoxy) is 1. The molecule has 4 heteroatoms. The van der Waals surface area contributed by atoms with Gasteiger partial charge in [-0.3, -0.25) is 4.79 Å². The molecule has 0 bridgehead atoms. The van der Waals surface area contributed by atoms with Crippen molar-refractivity contribution in [3.63, 3.8) is 0 Å². The Morgan fingerprint density at radius 3 is 2.86 bits per heavy atom. The minimum absolute atomic E-state index is 0.150. The molecule has 2 N–H and O–H groups in total. The highest BCUT2D eigenvalue weighted by atomic mass is 16.5. The molecule has 0 saturated heterocycles. The smallest absolute Gasteiger partial charge is 0.223 e. The number of hydrogen-bond acceptors (Lipinski definition) is 3. The van der Waals surface area contributed by atoms with Crippen LogP contribution in [0.25, 0.3) is 10.8 Å². The van der Waals surface area contributed by atoms with Gasteiger partial charge in [-0.15, -0.1) is 0 Å². The van der Waals surface area contributed by atoms with Crippen LogP contribution in [0.2, 0.25) is 0 Å². The minimum Gasteiger partial charge on any atom is -0.508 e. The van der Waals surface area contributed by atoms with E-state index in [1.54, 1.807) is 19.2 Å². The van der Waals surface area contributed by atoms with E-state index in [4.69, 9.17) is 4.74 Å². The van der Waals surface area contributed by atoms with E-state index in [-0.39, 0.29) is 17.6 Å². The van der Waals surface area contributed by atoms with Crippen LogP contribution in [0.1, 0.15) is 18.4 Å². The lowest BCUT2D eigenvalue weighted by Crippen LogP contribution is -2.26. The summed E-state index contributed by atoms with van der Waals surface area (Å²) in [4.78, 5) is 11.6. The maximum absolute atomic E-state index is 11.6. The second kappa shape index (κ2) is 5.64. The van der Waals surface area contributed by atoms with Crippen LogP contribution >= 0.6 is 0 Å². The molecule has 2 aromatic rings. The summed E-state index contributed by atoms with van der Waals surface area (Å²) in [6.07, 6.45) is 2.71. The van der Waals surface area contributed by atoms with E-state index in [9.17, 15) is 9.90 Å². The van der Waals surface area contributed by atoms with E-state index >= 15 is 0 Å². The van der Waals surface area contributed by atoms with E-state index in [1.807, 2.05) is 18.2 Å². The molecule has 4 nitrogen and oxygen atoms in total. The minimum atomic E-state index is 0.150. The number of carbonyl (C=O) groups excluding carboxylic acids is 1. The number of hydrogen-bond donors (Lipinski definition) is 2. The van der Waals surface area contributed by atoms with Gasteiger partial charge in [0.1, 0.15) is 11.5 Å². The number of aromatic hydroxyl groups is 1. The fourth-order valence-corrected chi connectivity index (χ4v) is 2.54. The quantitative estimate of drug-likeness (QED) is 0.888. The predicted molar refractivity (Wildman–Crippen MR) is 81.6 cm³/mol. The predicted octanol–water partition coefficient (Wildman–Crippen LogP) is 2.62. The van der Waals surface area contributed by atoms with Gasteiger partial charge in [-0.25, -0.2) is 0 Å². The maximum Gasteiger partial charge on any atom is 0.223 e. The van der Waals surface area contributed by atoms with Crippen molar-refractivity contribution in [2.24, 2.45) is 5.92 Å².